The van der Waals surface area contributed by atoms with Crippen LogP contribution in [0.2, 0.25) is 0 Å². The second-order valence-electron chi connectivity index (χ2n) is 6.38. The van der Waals surface area contributed by atoms with E-state index >= 15 is 0 Å². The number of carbonyl (C=O) groups is 1. The van der Waals surface area contributed by atoms with Gasteiger partial charge in [-0.25, -0.2) is 0 Å². The fourth-order valence-corrected chi connectivity index (χ4v) is 3.64. The molecule has 27 heavy (non-hydrogen) atoms. The number of amides is 1. The van der Waals surface area contributed by atoms with Gasteiger partial charge in [0.2, 0.25) is 0 Å². The molecule has 3 heterocycles. The van der Waals surface area contributed by atoms with Gasteiger partial charge in [-0.1, -0.05) is 18.2 Å². The van der Waals surface area contributed by atoms with Crippen molar-refractivity contribution in [2.45, 2.75) is 20.4 Å². The first kappa shape index (κ1) is 17.2. The minimum atomic E-state index is -0.239. The van der Waals surface area contributed by atoms with Gasteiger partial charge in [-0.3, -0.25) is 14.6 Å². The number of carbonyl (C=O) groups excluding carboxylic acids is 1. The molecule has 4 aromatic rings. The van der Waals surface area contributed by atoms with Crippen molar-refractivity contribution in [1.29, 1.82) is 0 Å². The van der Waals surface area contributed by atoms with Crippen LogP contribution < -0.4 is 5.32 Å². The quantitative estimate of drug-likeness (QED) is 0.546. The van der Waals surface area contributed by atoms with Crippen LogP contribution in [0.4, 0.5) is 5.69 Å². The Morgan fingerprint density at radius 1 is 1.19 bits per heavy atom. The molecule has 0 atom stereocenters. The lowest BCUT2D eigenvalue weighted by Crippen LogP contribution is -2.13. The third-order valence-electron chi connectivity index (χ3n) is 4.22. The number of nitrogens with one attached hydrogen (secondary N) is 2. The van der Waals surface area contributed by atoms with Crippen LogP contribution in [0.25, 0.3) is 10.6 Å². The van der Waals surface area contributed by atoms with Crippen molar-refractivity contribution in [2.75, 3.05) is 5.32 Å². The van der Waals surface area contributed by atoms with Crippen molar-refractivity contribution in [3.05, 3.63) is 76.6 Å². The van der Waals surface area contributed by atoms with E-state index < -0.39 is 0 Å². The van der Waals surface area contributed by atoms with Crippen molar-refractivity contribution in [3.63, 3.8) is 0 Å². The minimum absolute atomic E-state index is 0.239. The average Bonchev–Trinajstić information content (AvgIpc) is 3.37. The maximum absolute atomic E-state index is 12.5. The van der Waals surface area contributed by atoms with Crippen LogP contribution in [-0.2, 0) is 6.54 Å². The molecule has 3 aromatic heterocycles. The van der Waals surface area contributed by atoms with E-state index in [2.05, 4.69) is 20.6 Å². The molecule has 0 radical (unpaired) electrons. The molecule has 0 aliphatic rings. The van der Waals surface area contributed by atoms with Crippen LogP contribution >= 0.6 is 11.3 Å². The maximum atomic E-state index is 12.5. The van der Waals surface area contributed by atoms with Gasteiger partial charge in [-0.05, 0) is 55.1 Å². The summed E-state index contributed by atoms with van der Waals surface area (Å²) in [5, 5.41) is 16.4. The molecule has 6 nitrogen and oxygen atoms in total. The molecule has 1 aromatic carbocycles. The van der Waals surface area contributed by atoms with Gasteiger partial charge in [0.05, 0.1) is 22.8 Å². The standard InChI is InChI=1S/C20H19N5OS/c1-13-9-14(2)25(24-13)12-15-5-3-6-16(10-15)21-20(26)18-11-17(22-23-18)19-7-4-8-27-19/h3-11H,12H2,1-2H3,(H,21,26)(H,22,23). The van der Waals surface area contributed by atoms with Gasteiger partial charge >= 0.3 is 0 Å². The van der Waals surface area contributed by atoms with Crippen molar-refractivity contribution >= 4 is 22.9 Å². The molecular formula is C20H19N5OS. The second kappa shape index (κ2) is 7.20. The summed E-state index contributed by atoms with van der Waals surface area (Å²) in [5.74, 6) is -0.239. The molecule has 0 saturated carbocycles. The van der Waals surface area contributed by atoms with Crippen molar-refractivity contribution in [3.8, 4) is 10.6 Å². The van der Waals surface area contributed by atoms with Gasteiger partial charge < -0.3 is 5.32 Å². The lowest BCUT2D eigenvalue weighted by molar-refractivity contribution is 0.102. The predicted molar refractivity (Wildman–Crippen MR) is 107 cm³/mol. The number of rotatable bonds is 5. The third-order valence-corrected chi connectivity index (χ3v) is 5.12. The van der Waals surface area contributed by atoms with Crippen molar-refractivity contribution in [1.82, 2.24) is 20.0 Å². The highest BCUT2D eigenvalue weighted by atomic mass is 32.1. The highest BCUT2D eigenvalue weighted by Gasteiger charge is 2.12. The molecule has 1 amide bonds. The zero-order valence-electron chi connectivity index (χ0n) is 15.1. The zero-order valence-corrected chi connectivity index (χ0v) is 15.9. The Balaban J connectivity index is 1.48. The topological polar surface area (TPSA) is 75.6 Å². The van der Waals surface area contributed by atoms with Crippen LogP contribution in [0, 0.1) is 13.8 Å². The first-order valence-electron chi connectivity index (χ1n) is 8.59. The summed E-state index contributed by atoms with van der Waals surface area (Å²) in [7, 11) is 0. The molecule has 7 heteroatoms. The molecule has 0 unspecified atom stereocenters. The zero-order chi connectivity index (χ0) is 18.8. The molecule has 0 fully saturated rings. The van der Waals surface area contributed by atoms with Crippen molar-refractivity contribution < 1.29 is 4.79 Å². The third kappa shape index (κ3) is 3.83. The van der Waals surface area contributed by atoms with Crippen LogP contribution in [0.5, 0.6) is 0 Å². The first-order chi connectivity index (χ1) is 13.1. The number of H-pyrrole nitrogens is 1. The maximum Gasteiger partial charge on any atom is 0.276 e. The summed E-state index contributed by atoms with van der Waals surface area (Å²) in [6.45, 7) is 4.68. The smallest absolute Gasteiger partial charge is 0.276 e. The number of aromatic amines is 1. The molecule has 0 aliphatic heterocycles. The molecule has 0 spiro atoms. The van der Waals surface area contributed by atoms with Gasteiger partial charge in [0.25, 0.3) is 5.91 Å². The molecule has 0 aliphatic carbocycles. The van der Waals surface area contributed by atoms with E-state index in [1.165, 1.54) is 0 Å². The fraction of sp³-hybridized carbons (Fsp3) is 0.150. The van der Waals surface area contributed by atoms with Crippen LogP contribution in [0.3, 0.4) is 0 Å². The van der Waals surface area contributed by atoms with E-state index in [-0.39, 0.29) is 5.91 Å². The Hall–Kier alpha value is -3.19. The normalized spacial score (nSPS) is 10.9. The number of aromatic nitrogens is 4. The van der Waals surface area contributed by atoms with E-state index in [1.807, 2.05) is 66.4 Å². The number of hydrogen-bond acceptors (Lipinski definition) is 4. The van der Waals surface area contributed by atoms with E-state index in [0.717, 1.165) is 33.2 Å². The van der Waals surface area contributed by atoms with Gasteiger partial charge in [0.15, 0.2) is 5.69 Å². The number of benzene rings is 1. The Bertz CT molecular complexity index is 1080. The Labute approximate surface area is 160 Å². The monoisotopic (exact) mass is 377 g/mol. The lowest BCUT2D eigenvalue weighted by atomic mass is 10.2. The Kier molecular flexibility index (Phi) is 4.60. The largest absolute Gasteiger partial charge is 0.321 e. The number of nitrogens with zero attached hydrogens (tertiary/aromatic N) is 3. The summed E-state index contributed by atoms with van der Waals surface area (Å²) in [6, 6.07) is 15.6. The molecule has 2 N–H and O–H groups in total. The fourth-order valence-electron chi connectivity index (χ4n) is 2.95. The van der Waals surface area contributed by atoms with E-state index in [1.54, 1.807) is 17.4 Å². The minimum Gasteiger partial charge on any atom is -0.321 e. The van der Waals surface area contributed by atoms with E-state index in [0.29, 0.717) is 12.2 Å². The van der Waals surface area contributed by atoms with Gasteiger partial charge in [0.1, 0.15) is 0 Å². The van der Waals surface area contributed by atoms with Crippen molar-refractivity contribution in [2.24, 2.45) is 0 Å². The highest BCUT2D eigenvalue weighted by Crippen LogP contribution is 2.23. The van der Waals surface area contributed by atoms with Gasteiger partial charge in [-0.15, -0.1) is 11.3 Å². The molecule has 4 rings (SSSR count). The summed E-state index contributed by atoms with van der Waals surface area (Å²) in [6.07, 6.45) is 0. The summed E-state index contributed by atoms with van der Waals surface area (Å²) < 4.78 is 1.96. The molecular weight excluding hydrogens is 358 g/mol. The number of hydrogen-bond donors (Lipinski definition) is 2. The Morgan fingerprint density at radius 2 is 2.07 bits per heavy atom. The average molecular weight is 377 g/mol. The predicted octanol–water partition coefficient (Wildman–Crippen LogP) is 4.25. The number of aryl methyl sites for hydroxylation is 2. The van der Waals surface area contributed by atoms with Gasteiger partial charge in [0, 0.05) is 11.4 Å². The molecule has 136 valence electrons. The highest BCUT2D eigenvalue weighted by molar-refractivity contribution is 7.13. The molecule has 0 bridgehead atoms. The van der Waals surface area contributed by atoms with E-state index in [4.69, 9.17) is 0 Å². The number of thiophene rings is 1. The lowest BCUT2D eigenvalue weighted by Gasteiger charge is -2.08. The second-order valence-corrected chi connectivity index (χ2v) is 7.33. The molecule has 0 saturated heterocycles. The SMILES string of the molecule is Cc1cc(C)n(Cc2cccc(NC(=O)c3cc(-c4cccs4)[nH]n3)c2)n1. The van der Waals surface area contributed by atoms with Crippen LogP contribution in [0.1, 0.15) is 27.4 Å². The summed E-state index contributed by atoms with van der Waals surface area (Å²) >= 11 is 1.60. The Morgan fingerprint density at radius 3 is 2.81 bits per heavy atom. The number of anilines is 1. The summed E-state index contributed by atoms with van der Waals surface area (Å²) in [5.41, 5.74) is 5.12. The first-order valence-corrected chi connectivity index (χ1v) is 9.47. The van der Waals surface area contributed by atoms with E-state index in [9.17, 15) is 4.79 Å². The summed E-state index contributed by atoms with van der Waals surface area (Å²) in [4.78, 5) is 13.6. The van der Waals surface area contributed by atoms with Crippen LogP contribution in [0.15, 0.2) is 53.9 Å². The van der Waals surface area contributed by atoms with Crippen LogP contribution in [-0.4, -0.2) is 25.9 Å². The van der Waals surface area contributed by atoms with Gasteiger partial charge in [-0.2, -0.15) is 10.2 Å².